The Morgan fingerprint density at radius 1 is 1.44 bits per heavy atom. The summed E-state index contributed by atoms with van der Waals surface area (Å²) in [4.78, 5) is 10.7. The van der Waals surface area contributed by atoms with Crippen LogP contribution in [0.4, 0.5) is 0 Å². The van der Waals surface area contributed by atoms with Crippen LogP contribution in [-0.4, -0.2) is 16.4 Å². The van der Waals surface area contributed by atoms with Crippen molar-refractivity contribution in [3.8, 4) is 0 Å². The minimum absolute atomic E-state index is 0.244. The van der Waals surface area contributed by atoms with Crippen LogP contribution in [0.15, 0.2) is 36.4 Å². The molecule has 2 rings (SSSR count). The molecule has 0 spiro atoms. The zero-order chi connectivity index (χ0) is 11.4. The summed E-state index contributed by atoms with van der Waals surface area (Å²) in [5.41, 5.74) is 0.942. The molecule has 1 aromatic carbocycles. The number of benzene rings is 1. The van der Waals surface area contributed by atoms with Gasteiger partial charge in [0.2, 0.25) is 0 Å². The van der Waals surface area contributed by atoms with Crippen LogP contribution in [0.3, 0.4) is 0 Å². The van der Waals surface area contributed by atoms with Crippen molar-refractivity contribution in [2.24, 2.45) is 5.92 Å². The van der Waals surface area contributed by atoms with E-state index in [0.29, 0.717) is 11.5 Å². The second kappa shape index (κ2) is 5.16. The number of hydrogen-bond acceptors (Lipinski definition) is 3. The van der Waals surface area contributed by atoms with E-state index in [1.54, 1.807) is 12.1 Å². The van der Waals surface area contributed by atoms with Gasteiger partial charge in [-0.2, -0.15) is 11.8 Å². The summed E-state index contributed by atoms with van der Waals surface area (Å²) in [7, 11) is 0. The third-order valence-corrected chi connectivity index (χ3v) is 3.81. The van der Waals surface area contributed by atoms with E-state index in [2.05, 4.69) is 0 Å². The molecular formula is C12H13NO2S. The minimum Gasteiger partial charge on any atom is -0.258 e. The van der Waals surface area contributed by atoms with Crippen molar-refractivity contribution in [1.82, 2.24) is 0 Å². The van der Waals surface area contributed by atoms with Gasteiger partial charge in [0.25, 0.3) is 5.70 Å². The number of nitrogens with zero attached hydrogens (tertiary/aromatic N) is 1. The number of hydrogen-bond donors (Lipinski definition) is 0. The molecule has 1 saturated heterocycles. The van der Waals surface area contributed by atoms with Gasteiger partial charge in [-0.05, 0) is 42.1 Å². The lowest BCUT2D eigenvalue weighted by Gasteiger charge is -2.02. The molecule has 0 bridgehead atoms. The Labute approximate surface area is 98.7 Å². The highest BCUT2D eigenvalue weighted by atomic mass is 32.2. The fourth-order valence-electron chi connectivity index (χ4n) is 1.78. The molecule has 0 N–H and O–H groups in total. The number of nitro groups is 1. The van der Waals surface area contributed by atoms with Crippen LogP contribution in [0.25, 0.3) is 5.70 Å². The van der Waals surface area contributed by atoms with Crippen LogP contribution in [0.2, 0.25) is 0 Å². The van der Waals surface area contributed by atoms with Gasteiger partial charge in [-0.25, -0.2) is 0 Å². The van der Waals surface area contributed by atoms with Crippen molar-refractivity contribution in [2.75, 3.05) is 11.5 Å². The Morgan fingerprint density at radius 2 is 2.19 bits per heavy atom. The molecule has 1 aliphatic rings. The molecule has 1 heterocycles. The summed E-state index contributed by atoms with van der Waals surface area (Å²) >= 11 is 1.86. The average molecular weight is 235 g/mol. The van der Waals surface area contributed by atoms with Crippen LogP contribution in [0.1, 0.15) is 12.0 Å². The summed E-state index contributed by atoms with van der Waals surface area (Å²) < 4.78 is 0. The first-order valence-electron chi connectivity index (χ1n) is 5.27. The van der Waals surface area contributed by atoms with Crippen molar-refractivity contribution < 1.29 is 4.92 Å². The van der Waals surface area contributed by atoms with E-state index in [4.69, 9.17) is 0 Å². The molecule has 3 nitrogen and oxygen atoms in total. The molecule has 84 valence electrons. The fourth-order valence-corrected chi connectivity index (χ4v) is 2.98. The second-order valence-corrected chi connectivity index (χ2v) is 4.95. The maximum Gasteiger partial charge on any atom is 0.272 e. The molecule has 0 aromatic heterocycles. The number of thioether (sulfide) groups is 1. The standard InChI is InChI=1S/C12H13NO2S/c14-13(15)12(8-10-6-7-16-9-10)11-4-2-1-3-5-11/h1-5,8,10H,6-7,9H2/b12-8+. The maximum atomic E-state index is 11.0. The monoisotopic (exact) mass is 235 g/mol. The zero-order valence-electron chi connectivity index (χ0n) is 8.83. The molecule has 1 atom stereocenters. The topological polar surface area (TPSA) is 43.1 Å². The summed E-state index contributed by atoms with van der Waals surface area (Å²) in [5.74, 6) is 2.47. The van der Waals surface area contributed by atoms with E-state index in [1.807, 2.05) is 36.0 Å². The molecule has 4 heteroatoms. The lowest BCUT2D eigenvalue weighted by atomic mass is 10.0. The van der Waals surface area contributed by atoms with Crippen LogP contribution in [0.5, 0.6) is 0 Å². The smallest absolute Gasteiger partial charge is 0.258 e. The lowest BCUT2D eigenvalue weighted by molar-refractivity contribution is -0.375. The number of allylic oxidation sites excluding steroid dienone is 1. The van der Waals surface area contributed by atoms with Crippen molar-refractivity contribution in [2.45, 2.75) is 6.42 Å². The predicted molar refractivity (Wildman–Crippen MR) is 66.8 cm³/mol. The highest BCUT2D eigenvalue weighted by Crippen LogP contribution is 2.27. The van der Waals surface area contributed by atoms with Crippen molar-refractivity contribution in [3.05, 3.63) is 52.1 Å². The molecule has 0 aliphatic carbocycles. The Kier molecular flexibility index (Phi) is 3.62. The van der Waals surface area contributed by atoms with Crippen LogP contribution in [-0.2, 0) is 0 Å². The van der Waals surface area contributed by atoms with E-state index in [0.717, 1.165) is 17.9 Å². The first-order valence-corrected chi connectivity index (χ1v) is 6.42. The Morgan fingerprint density at radius 3 is 2.75 bits per heavy atom. The average Bonchev–Trinajstić information content (AvgIpc) is 2.79. The highest BCUT2D eigenvalue weighted by molar-refractivity contribution is 7.99. The summed E-state index contributed by atoms with van der Waals surface area (Å²) in [6.45, 7) is 0. The second-order valence-electron chi connectivity index (χ2n) is 3.80. The summed E-state index contributed by atoms with van der Waals surface area (Å²) in [6.07, 6.45) is 2.87. The maximum absolute atomic E-state index is 11.0. The molecule has 0 radical (unpaired) electrons. The van der Waals surface area contributed by atoms with Crippen LogP contribution < -0.4 is 0 Å². The van der Waals surface area contributed by atoms with Gasteiger partial charge >= 0.3 is 0 Å². The van der Waals surface area contributed by atoms with Gasteiger partial charge in [-0.3, -0.25) is 10.1 Å². The van der Waals surface area contributed by atoms with Gasteiger partial charge in [-0.1, -0.05) is 18.2 Å². The van der Waals surface area contributed by atoms with Crippen molar-refractivity contribution in [1.29, 1.82) is 0 Å². The largest absolute Gasteiger partial charge is 0.272 e. The van der Waals surface area contributed by atoms with Gasteiger partial charge in [0.1, 0.15) is 0 Å². The molecule has 16 heavy (non-hydrogen) atoms. The SMILES string of the molecule is O=[N+]([O-])/C(=C/C1CCSC1)c1ccccc1. The Balaban J connectivity index is 2.26. The summed E-state index contributed by atoms with van der Waals surface area (Å²) in [5, 5.41) is 11.0. The highest BCUT2D eigenvalue weighted by Gasteiger charge is 2.20. The van der Waals surface area contributed by atoms with Gasteiger partial charge in [-0.15, -0.1) is 0 Å². The van der Waals surface area contributed by atoms with Crippen molar-refractivity contribution >= 4 is 17.5 Å². The molecule has 0 saturated carbocycles. The van der Waals surface area contributed by atoms with E-state index in [9.17, 15) is 10.1 Å². The van der Waals surface area contributed by atoms with E-state index < -0.39 is 0 Å². The zero-order valence-corrected chi connectivity index (χ0v) is 9.65. The predicted octanol–water partition coefficient (Wildman–Crippen LogP) is 3.06. The van der Waals surface area contributed by atoms with Crippen LogP contribution in [0, 0.1) is 16.0 Å². The molecule has 1 aromatic rings. The van der Waals surface area contributed by atoms with E-state index in [1.165, 1.54) is 0 Å². The van der Waals surface area contributed by atoms with E-state index in [-0.39, 0.29) is 10.6 Å². The van der Waals surface area contributed by atoms with E-state index >= 15 is 0 Å². The number of rotatable bonds is 3. The van der Waals surface area contributed by atoms with Gasteiger partial charge in [0, 0.05) is 0 Å². The Hall–Kier alpha value is -1.29. The van der Waals surface area contributed by atoms with Gasteiger partial charge < -0.3 is 0 Å². The molecular weight excluding hydrogens is 222 g/mol. The van der Waals surface area contributed by atoms with Crippen molar-refractivity contribution in [3.63, 3.8) is 0 Å². The van der Waals surface area contributed by atoms with Gasteiger partial charge in [0.05, 0.1) is 10.5 Å². The lowest BCUT2D eigenvalue weighted by Crippen LogP contribution is -2.02. The van der Waals surface area contributed by atoms with Crippen LogP contribution >= 0.6 is 11.8 Å². The van der Waals surface area contributed by atoms with Gasteiger partial charge in [0.15, 0.2) is 0 Å². The minimum atomic E-state index is -0.279. The molecule has 1 fully saturated rings. The molecule has 1 unspecified atom stereocenters. The fraction of sp³-hybridized carbons (Fsp3) is 0.333. The first kappa shape index (κ1) is 11.2. The summed E-state index contributed by atoms with van der Waals surface area (Å²) in [6, 6.07) is 9.10. The first-order chi connectivity index (χ1) is 7.77. The Bertz CT molecular complexity index is 397. The third kappa shape index (κ3) is 2.64. The quantitative estimate of drug-likeness (QED) is 0.597. The molecule has 0 amide bonds. The molecule has 1 aliphatic heterocycles. The normalized spacial score (nSPS) is 21.0. The third-order valence-electron chi connectivity index (χ3n) is 2.62.